The van der Waals surface area contributed by atoms with Crippen LogP contribution < -0.4 is 10.1 Å². The Labute approximate surface area is 140 Å². The lowest BCUT2D eigenvalue weighted by atomic mass is 10.0. The molecule has 4 nitrogen and oxygen atoms in total. The summed E-state index contributed by atoms with van der Waals surface area (Å²) in [5.41, 5.74) is 0.764. The van der Waals surface area contributed by atoms with Gasteiger partial charge in [-0.1, -0.05) is 20.3 Å². The molecule has 1 aromatic rings. The first-order chi connectivity index (χ1) is 11.3. The fraction of sp³-hybridized carbons (Fsp3) is 0.632. The van der Waals surface area contributed by atoms with E-state index in [1.165, 1.54) is 0 Å². The average molecular weight is 318 g/mol. The Morgan fingerprint density at radius 3 is 2.48 bits per heavy atom. The smallest absolute Gasteiger partial charge is 0.254 e. The molecule has 1 aliphatic rings. The van der Waals surface area contributed by atoms with E-state index in [1.54, 1.807) is 0 Å². The predicted molar refractivity (Wildman–Crippen MR) is 94.1 cm³/mol. The normalized spacial score (nSPS) is 15.4. The SMILES string of the molecule is CCCCOc1ccc(C(=O)N(CCC)C2CCNCC2)cc1. The third-order valence-electron chi connectivity index (χ3n) is 4.34. The zero-order chi connectivity index (χ0) is 16.5. The number of ether oxygens (including phenoxy) is 1. The molecule has 0 spiro atoms. The van der Waals surface area contributed by atoms with Crippen LogP contribution in [0.3, 0.4) is 0 Å². The van der Waals surface area contributed by atoms with Crippen molar-refractivity contribution in [3.05, 3.63) is 29.8 Å². The second kappa shape index (κ2) is 9.56. The number of unbranched alkanes of at least 4 members (excludes halogenated alkanes) is 1. The molecule has 23 heavy (non-hydrogen) atoms. The lowest BCUT2D eigenvalue weighted by molar-refractivity contribution is 0.0642. The van der Waals surface area contributed by atoms with Gasteiger partial charge in [0.25, 0.3) is 5.91 Å². The maximum absolute atomic E-state index is 12.9. The maximum Gasteiger partial charge on any atom is 0.254 e. The van der Waals surface area contributed by atoms with Crippen molar-refractivity contribution < 1.29 is 9.53 Å². The molecule has 4 heteroatoms. The van der Waals surface area contributed by atoms with Crippen LogP contribution in [0.5, 0.6) is 5.75 Å². The Morgan fingerprint density at radius 2 is 1.87 bits per heavy atom. The Kier molecular flexibility index (Phi) is 7.40. The number of nitrogens with one attached hydrogen (secondary N) is 1. The van der Waals surface area contributed by atoms with E-state index >= 15 is 0 Å². The van der Waals surface area contributed by atoms with Gasteiger partial charge in [0.15, 0.2) is 0 Å². The topological polar surface area (TPSA) is 41.6 Å². The molecular weight excluding hydrogens is 288 g/mol. The minimum Gasteiger partial charge on any atom is -0.494 e. The van der Waals surface area contributed by atoms with Crippen LogP contribution in [0.2, 0.25) is 0 Å². The van der Waals surface area contributed by atoms with Gasteiger partial charge in [0, 0.05) is 18.2 Å². The molecule has 0 radical (unpaired) electrons. The number of benzene rings is 1. The zero-order valence-electron chi connectivity index (χ0n) is 14.5. The van der Waals surface area contributed by atoms with Crippen LogP contribution >= 0.6 is 0 Å². The highest BCUT2D eigenvalue weighted by molar-refractivity contribution is 5.94. The van der Waals surface area contributed by atoms with Gasteiger partial charge in [-0.05, 0) is 63.0 Å². The Morgan fingerprint density at radius 1 is 1.17 bits per heavy atom. The van der Waals surface area contributed by atoms with Gasteiger partial charge in [0.05, 0.1) is 6.61 Å². The van der Waals surface area contributed by atoms with Crippen LogP contribution in [0.25, 0.3) is 0 Å². The Balaban J connectivity index is 2.00. The van der Waals surface area contributed by atoms with Crippen molar-refractivity contribution in [3.63, 3.8) is 0 Å². The molecule has 128 valence electrons. The molecular formula is C19H30N2O2. The summed E-state index contributed by atoms with van der Waals surface area (Å²) in [6.07, 6.45) is 5.27. The van der Waals surface area contributed by atoms with Gasteiger partial charge in [-0.3, -0.25) is 4.79 Å². The van der Waals surface area contributed by atoms with Crippen molar-refractivity contribution >= 4 is 5.91 Å². The van der Waals surface area contributed by atoms with E-state index in [0.29, 0.717) is 6.04 Å². The van der Waals surface area contributed by atoms with Crippen molar-refractivity contribution in [2.24, 2.45) is 0 Å². The number of nitrogens with zero attached hydrogens (tertiary/aromatic N) is 1. The summed E-state index contributed by atoms with van der Waals surface area (Å²) in [4.78, 5) is 14.9. The Hall–Kier alpha value is -1.55. The van der Waals surface area contributed by atoms with Crippen molar-refractivity contribution in [2.45, 2.75) is 52.0 Å². The molecule has 0 saturated carbocycles. The van der Waals surface area contributed by atoms with E-state index in [2.05, 4.69) is 24.1 Å². The molecule has 0 atom stereocenters. The van der Waals surface area contributed by atoms with Gasteiger partial charge >= 0.3 is 0 Å². The standard InChI is InChI=1S/C19H30N2O2/c1-3-5-15-23-18-8-6-16(7-9-18)19(22)21(14-4-2)17-10-12-20-13-11-17/h6-9,17,20H,3-5,10-15H2,1-2H3. The molecule has 2 rings (SSSR count). The third-order valence-corrected chi connectivity index (χ3v) is 4.34. The molecule has 1 aromatic carbocycles. The minimum atomic E-state index is 0.152. The maximum atomic E-state index is 12.9. The highest BCUT2D eigenvalue weighted by Crippen LogP contribution is 2.19. The lowest BCUT2D eigenvalue weighted by Crippen LogP contribution is -2.46. The summed E-state index contributed by atoms with van der Waals surface area (Å²) < 4.78 is 5.67. The van der Waals surface area contributed by atoms with Gasteiger partial charge < -0.3 is 15.0 Å². The van der Waals surface area contributed by atoms with Crippen molar-refractivity contribution in [1.82, 2.24) is 10.2 Å². The summed E-state index contributed by atoms with van der Waals surface area (Å²) in [5.74, 6) is 0.998. The predicted octanol–water partition coefficient (Wildman–Crippen LogP) is 3.47. The van der Waals surface area contributed by atoms with Crippen LogP contribution in [0.15, 0.2) is 24.3 Å². The summed E-state index contributed by atoms with van der Waals surface area (Å²) in [6, 6.07) is 7.98. The second-order valence-electron chi connectivity index (χ2n) is 6.21. The van der Waals surface area contributed by atoms with E-state index in [9.17, 15) is 4.79 Å². The van der Waals surface area contributed by atoms with E-state index in [1.807, 2.05) is 24.3 Å². The van der Waals surface area contributed by atoms with Gasteiger partial charge in [-0.2, -0.15) is 0 Å². The number of carbonyl (C=O) groups is 1. The van der Waals surface area contributed by atoms with E-state index in [0.717, 1.165) is 69.7 Å². The highest BCUT2D eigenvalue weighted by Gasteiger charge is 2.25. The molecule has 0 bridgehead atoms. The molecule has 0 aliphatic carbocycles. The first-order valence-corrected chi connectivity index (χ1v) is 9.00. The zero-order valence-corrected chi connectivity index (χ0v) is 14.5. The summed E-state index contributed by atoms with van der Waals surface area (Å²) in [5, 5.41) is 3.37. The number of hydrogen-bond donors (Lipinski definition) is 1. The molecule has 0 unspecified atom stereocenters. The molecule has 1 fully saturated rings. The van der Waals surface area contributed by atoms with Gasteiger partial charge in [-0.15, -0.1) is 0 Å². The molecule has 0 aromatic heterocycles. The van der Waals surface area contributed by atoms with Crippen LogP contribution in [-0.2, 0) is 0 Å². The van der Waals surface area contributed by atoms with Crippen molar-refractivity contribution in [1.29, 1.82) is 0 Å². The summed E-state index contributed by atoms with van der Waals surface area (Å²) in [6.45, 7) is 7.85. The fourth-order valence-electron chi connectivity index (χ4n) is 3.00. The number of amides is 1. The molecule has 1 amide bonds. The first kappa shape index (κ1) is 17.8. The lowest BCUT2D eigenvalue weighted by Gasteiger charge is -2.34. The first-order valence-electron chi connectivity index (χ1n) is 9.00. The van der Waals surface area contributed by atoms with Crippen LogP contribution in [-0.4, -0.2) is 43.1 Å². The van der Waals surface area contributed by atoms with Crippen LogP contribution in [0.4, 0.5) is 0 Å². The highest BCUT2D eigenvalue weighted by atomic mass is 16.5. The quantitative estimate of drug-likeness (QED) is 0.746. The minimum absolute atomic E-state index is 0.152. The second-order valence-corrected chi connectivity index (χ2v) is 6.21. The third kappa shape index (κ3) is 5.24. The monoisotopic (exact) mass is 318 g/mol. The summed E-state index contributed by atoms with van der Waals surface area (Å²) in [7, 11) is 0. The van der Waals surface area contributed by atoms with Crippen LogP contribution in [0, 0.1) is 0 Å². The molecule has 1 aliphatic heterocycles. The Bertz CT molecular complexity index is 467. The van der Waals surface area contributed by atoms with E-state index in [-0.39, 0.29) is 5.91 Å². The van der Waals surface area contributed by atoms with E-state index < -0.39 is 0 Å². The van der Waals surface area contributed by atoms with Crippen molar-refractivity contribution in [2.75, 3.05) is 26.2 Å². The number of carbonyl (C=O) groups excluding carboxylic acids is 1. The molecule has 1 heterocycles. The fourth-order valence-corrected chi connectivity index (χ4v) is 3.00. The van der Waals surface area contributed by atoms with Crippen molar-refractivity contribution in [3.8, 4) is 5.75 Å². The molecule has 1 N–H and O–H groups in total. The number of hydrogen-bond acceptors (Lipinski definition) is 3. The number of rotatable bonds is 8. The van der Waals surface area contributed by atoms with Gasteiger partial charge in [-0.25, -0.2) is 0 Å². The average Bonchev–Trinajstić information content (AvgIpc) is 2.61. The largest absolute Gasteiger partial charge is 0.494 e. The summed E-state index contributed by atoms with van der Waals surface area (Å²) >= 11 is 0. The molecule has 1 saturated heterocycles. The van der Waals surface area contributed by atoms with Crippen LogP contribution in [0.1, 0.15) is 56.3 Å². The van der Waals surface area contributed by atoms with E-state index in [4.69, 9.17) is 4.74 Å². The van der Waals surface area contributed by atoms with Gasteiger partial charge in [0.2, 0.25) is 0 Å². The van der Waals surface area contributed by atoms with Gasteiger partial charge in [0.1, 0.15) is 5.75 Å². The number of piperidine rings is 1.